The molecule has 194 valence electrons. The summed E-state index contributed by atoms with van der Waals surface area (Å²) in [5, 5.41) is 1.22. The number of hydrazine groups is 1. The molecule has 1 fully saturated rings. The fourth-order valence-corrected chi connectivity index (χ4v) is 4.03. The van der Waals surface area contributed by atoms with Crippen LogP contribution in [0.15, 0.2) is 54.6 Å². The minimum absolute atomic E-state index is 0.271. The fourth-order valence-electron chi connectivity index (χ4n) is 4.03. The molecule has 1 aliphatic rings. The zero-order valence-electron chi connectivity index (χ0n) is 21.7. The maximum absolute atomic E-state index is 12.8. The van der Waals surface area contributed by atoms with Gasteiger partial charge in [-0.05, 0) is 69.2 Å². The van der Waals surface area contributed by atoms with Gasteiger partial charge in [0.25, 0.3) is 5.91 Å². The lowest BCUT2D eigenvalue weighted by Crippen LogP contribution is -2.48. The minimum Gasteiger partial charge on any atom is -0.445 e. The standard InChI is InChI=1S/C28H37N3O5/c1-5-17-31(27(34)36-28(2,3)4)29-25(32)24-13-11-22(12-14-24)23-15-18-30(19-16-23)26(33)35-20-21-9-7-6-8-10-21/h6-14,23H,5,15-20H2,1-4H3,(H,29,32). The molecule has 1 N–H and O–H groups in total. The first-order chi connectivity index (χ1) is 17.2. The first-order valence-corrected chi connectivity index (χ1v) is 12.5. The Morgan fingerprint density at radius 1 is 1.00 bits per heavy atom. The second-order valence-electron chi connectivity index (χ2n) is 10.00. The fraction of sp³-hybridized carbons (Fsp3) is 0.464. The summed E-state index contributed by atoms with van der Waals surface area (Å²) >= 11 is 0. The van der Waals surface area contributed by atoms with Crippen molar-refractivity contribution < 1.29 is 23.9 Å². The summed E-state index contributed by atoms with van der Waals surface area (Å²) in [7, 11) is 0. The number of ether oxygens (including phenoxy) is 2. The number of carbonyl (C=O) groups is 3. The van der Waals surface area contributed by atoms with Gasteiger partial charge in [0.05, 0.1) is 0 Å². The van der Waals surface area contributed by atoms with E-state index in [1.807, 2.05) is 49.4 Å². The lowest BCUT2D eigenvalue weighted by atomic mass is 9.89. The molecule has 0 aromatic heterocycles. The summed E-state index contributed by atoms with van der Waals surface area (Å²) in [6, 6.07) is 17.1. The Labute approximate surface area is 213 Å². The highest BCUT2D eigenvalue weighted by Gasteiger charge is 2.26. The molecule has 2 aromatic carbocycles. The molecular weight excluding hydrogens is 458 g/mol. The number of nitrogens with one attached hydrogen (secondary N) is 1. The van der Waals surface area contributed by atoms with Crippen LogP contribution in [-0.4, -0.2) is 53.2 Å². The van der Waals surface area contributed by atoms with Crippen molar-refractivity contribution in [1.29, 1.82) is 0 Å². The average Bonchev–Trinajstić information content (AvgIpc) is 2.87. The largest absolute Gasteiger partial charge is 0.445 e. The van der Waals surface area contributed by atoms with Gasteiger partial charge in [-0.2, -0.15) is 0 Å². The van der Waals surface area contributed by atoms with Gasteiger partial charge in [0.1, 0.15) is 12.2 Å². The summed E-state index contributed by atoms with van der Waals surface area (Å²) in [5.74, 6) is -0.0597. The summed E-state index contributed by atoms with van der Waals surface area (Å²) in [6.45, 7) is 9.16. The van der Waals surface area contributed by atoms with Gasteiger partial charge in [0.2, 0.25) is 0 Å². The number of amides is 3. The van der Waals surface area contributed by atoms with Gasteiger partial charge >= 0.3 is 12.2 Å². The molecule has 8 nitrogen and oxygen atoms in total. The van der Waals surface area contributed by atoms with Gasteiger partial charge in [-0.15, -0.1) is 0 Å². The van der Waals surface area contributed by atoms with E-state index < -0.39 is 11.7 Å². The summed E-state index contributed by atoms with van der Waals surface area (Å²) in [6.07, 6.45) is 1.47. The van der Waals surface area contributed by atoms with E-state index in [0.29, 0.717) is 37.5 Å². The van der Waals surface area contributed by atoms with Crippen LogP contribution in [0.1, 0.15) is 74.4 Å². The van der Waals surface area contributed by atoms with E-state index in [1.54, 1.807) is 37.8 Å². The Hall–Kier alpha value is -3.55. The first-order valence-electron chi connectivity index (χ1n) is 12.5. The lowest BCUT2D eigenvalue weighted by molar-refractivity contribution is 0.0133. The molecule has 0 spiro atoms. The lowest BCUT2D eigenvalue weighted by Gasteiger charge is -2.31. The monoisotopic (exact) mass is 495 g/mol. The van der Waals surface area contributed by atoms with Crippen molar-refractivity contribution in [3.63, 3.8) is 0 Å². The molecule has 36 heavy (non-hydrogen) atoms. The minimum atomic E-state index is -0.649. The van der Waals surface area contributed by atoms with Gasteiger partial charge in [0, 0.05) is 25.2 Å². The molecule has 2 aromatic rings. The van der Waals surface area contributed by atoms with Crippen LogP contribution in [0.4, 0.5) is 9.59 Å². The van der Waals surface area contributed by atoms with Crippen LogP contribution in [0.2, 0.25) is 0 Å². The van der Waals surface area contributed by atoms with Gasteiger partial charge in [0.15, 0.2) is 0 Å². The van der Waals surface area contributed by atoms with Crippen LogP contribution in [0.5, 0.6) is 0 Å². The predicted octanol–water partition coefficient (Wildman–Crippen LogP) is 5.49. The van der Waals surface area contributed by atoms with Gasteiger partial charge < -0.3 is 14.4 Å². The Morgan fingerprint density at radius 2 is 1.64 bits per heavy atom. The highest BCUT2D eigenvalue weighted by molar-refractivity contribution is 5.95. The van der Waals surface area contributed by atoms with Crippen LogP contribution in [0.3, 0.4) is 0 Å². The maximum atomic E-state index is 12.8. The maximum Gasteiger partial charge on any atom is 0.429 e. The van der Waals surface area contributed by atoms with Crippen LogP contribution in [0, 0.1) is 0 Å². The summed E-state index contributed by atoms with van der Waals surface area (Å²) in [5.41, 5.74) is 4.57. The van der Waals surface area contributed by atoms with E-state index in [0.717, 1.165) is 24.0 Å². The molecule has 3 rings (SSSR count). The number of benzene rings is 2. The van der Waals surface area contributed by atoms with E-state index in [2.05, 4.69) is 5.43 Å². The Morgan fingerprint density at radius 3 is 2.22 bits per heavy atom. The smallest absolute Gasteiger partial charge is 0.429 e. The van der Waals surface area contributed by atoms with E-state index >= 15 is 0 Å². The van der Waals surface area contributed by atoms with Crippen molar-refractivity contribution in [3.05, 3.63) is 71.3 Å². The quantitative estimate of drug-likeness (QED) is 0.535. The summed E-state index contributed by atoms with van der Waals surface area (Å²) in [4.78, 5) is 39.3. The molecule has 0 saturated carbocycles. The third kappa shape index (κ3) is 8.00. The number of hydrogen-bond donors (Lipinski definition) is 1. The number of piperidine rings is 1. The highest BCUT2D eigenvalue weighted by atomic mass is 16.6. The van der Waals surface area contributed by atoms with Crippen molar-refractivity contribution >= 4 is 18.1 Å². The van der Waals surface area contributed by atoms with Crippen molar-refractivity contribution in [3.8, 4) is 0 Å². The Bertz CT molecular complexity index is 1010. The van der Waals surface area contributed by atoms with Crippen LogP contribution in [0.25, 0.3) is 0 Å². The first kappa shape index (κ1) is 27.0. The second kappa shape index (κ2) is 12.4. The zero-order chi connectivity index (χ0) is 26.1. The second-order valence-corrected chi connectivity index (χ2v) is 10.00. The number of rotatable bonds is 6. The predicted molar refractivity (Wildman–Crippen MR) is 137 cm³/mol. The van der Waals surface area contributed by atoms with E-state index in [-0.39, 0.29) is 18.6 Å². The molecule has 1 aliphatic heterocycles. The highest BCUT2D eigenvalue weighted by Crippen LogP contribution is 2.28. The molecule has 0 bridgehead atoms. The SMILES string of the molecule is CCCN(NC(=O)c1ccc(C2CCN(C(=O)OCc3ccccc3)CC2)cc1)C(=O)OC(C)(C)C. The molecule has 0 atom stereocenters. The zero-order valence-corrected chi connectivity index (χ0v) is 21.7. The Balaban J connectivity index is 1.50. The molecule has 3 amide bonds. The molecule has 0 radical (unpaired) electrons. The molecular formula is C28H37N3O5. The van der Waals surface area contributed by atoms with Gasteiger partial charge in [-0.25, -0.2) is 14.6 Å². The average molecular weight is 496 g/mol. The number of likely N-dealkylation sites (tertiary alicyclic amines) is 1. The number of carbonyl (C=O) groups excluding carboxylic acids is 3. The van der Waals surface area contributed by atoms with E-state index in [1.165, 1.54) is 5.01 Å². The van der Waals surface area contributed by atoms with E-state index in [4.69, 9.17) is 9.47 Å². The van der Waals surface area contributed by atoms with Crippen LogP contribution in [-0.2, 0) is 16.1 Å². The molecule has 0 unspecified atom stereocenters. The van der Waals surface area contributed by atoms with Gasteiger partial charge in [-0.3, -0.25) is 10.2 Å². The third-order valence-electron chi connectivity index (χ3n) is 5.90. The Kier molecular flexibility index (Phi) is 9.33. The van der Waals surface area contributed by atoms with Crippen molar-refractivity contribution in [2.75, 3.05) is 19.6 Å². The molecule has 1 heterocycles. The molecule has 1 saturated heterocycles. The van der Waals surface area contributed by atoms with Crippen LogP contribution < -0.4 is 5.43 Å². The van der Waals surface area contributed by atoms with Crippen LogP contribution >= 0.6 is 0 Å². The normalized spacial score (nSPS) is 14.2. The number of nitrogens with zero attached hydrogens (tertiary/aromatic N) is 2. The van der Waals surface area contributed by atoms with E-state index in [9.17, 15) is 14.4 Å². The number of hydrogen-bond acceptors (Lipinski definition) is 5. The molecule has 0 aliphatic carbocycles. The van der Waals surface area contributed by atoms with Crippen molar-refractivity contribution in [2.24, 2.45) is 0 Å². The molecule has 8 heteroatoms. The topological polar surface area (TPSA) is 88.2 Å². The van der Waals surface area contributed by atoms with Gasteiger partial charge in [-0.1, -0.05) is 49.4 Å². The summed E-state index contributed by atoms with van der Waals surface area (Å²) < 4.78 is 10.8. The van der Waals surface area contributed by atoms with Crippen molar-refractivity contribution in [1.82, 2.24) is 15.3 Å². The third-order valence-corrected chi connectivity index (χ3v) is 5.90. The van der Waals surface area contributed by atoms with Crippen molar-refractivity contribution in [2.45, 2.75) is 65.1 Å².